The average Bonchev–Trinajstić information content (AvgIpc) is 2.43. The maximum Gasteiger partial charge on any atom is 0.000445 e. The third-order valence-corrected chi connectivity index (χ3v) is 1.63. The average molecular weight is 159 g/mol. The highest BCUT2D eigenvalue weighted by atomic mass is 15.1. The molecule has 1 saturated heterocycles. The molecule has 0 saturated carbocycles. The number of hydrogen-bond donors (Lipinski definition) is 0. The molecule has 0 aromatic carbocycles. The Balaban J connectivity index is 0. The highest BCUT2D eigenvalue weighted by molar-refractivity contribution is 4.67. The molecule has 1 nitrogen and oxygen atoms in total. The van der Waals surface area contributed by atoms with Crippen molar-refractivity contribution in [1.29, 1.82) is 0 Å². The van der Waals surface area contributed by atoms with Gasteiger partial charge in [-0.25, -0.2) is 0 Å². The van der Waals surface area contributed by atoms with Gasteiger partial charge in [0.15, 0.2) is 0 Å². The van der Waals surface area contributed by atoms with Gasteiger partial charge in [-0.2, -0.15) is 0 Å². The first kappa shape index (κ1) is 13.5. The Morgan fingerprint density at radius 3 is 1.64 bits per heavy atom. The van der Waals surface area contributed by atoms with E-state index >= 15 is 0 Å². The topological polar surface area (TPSA) is 3.24 Å². The summed E-state index contributed by atoms with van der Waals surface area (Å²) in [6.45, 7) is 12.9. The lowest BCUT2D eigenvalue weighted by Gasteiger charge is -2.03. The van der Waals surface area contributed by atoms with Crippen LogP contribution in [-0.2, 0) is 0 Å². The molecule has 0 bridgehead atoms. The first-order valence-electron chi connectivity index (χ1n) is 4.97. The molecule has 0 radical (unpaired) electrons. The van der Waals surface area contributed by atoms with E-state index in [0.29, 0.717) is 0 Å². The fourth-order valence-electron chi connectivity index (χ4n) is 1.16. The van der Waals surface area contributed by atoms with Crippen molar-refractivity contribution in [2.45, 2.75) is 41.0 Å². The zero-order valence-corrected chi connectivity index (χ0v) is 9.15. The van der Waals surface area contributed by atoms with Crippen LogP contribution >= 0.6 is 0 Å². The summed E-state index contributed by atoms with van der Waals surface area (Å²) in [4.78, 5) is 2.38. The van der Waals surface area contributed by atoms with Crippen molar-refractivity contribution in [3.63, 3.8) is 0 Å². The quantitative estimate of drug-likeness (QED) is 0.525. The summed E-state index contributed by atoms with van der Waals surface area (Å²) in [5.41, 5.74) is 0. The van der Waals surface area contributed by atoms with Gasteiger partial charge < -0.3 is 4.90 Å². The van der Waals surface area contributed by atoms with Crippen LogP contribution in [0.3, 0.4) is 0 Å². The SMILES string of the molecule is CC.CC.CC1CCN(C)C1. The van der Waals surface area contributed by atoms with Crippen LogP contribution in [0.2, 0.25) is 0 Å². The van der Waals surface area contributed by atoms with Crippen molar-refractivity contribution in [1.82, 2.24) is 4.90 Å². The van der Waals surface area contributed by atoms with Gasteiger partial charge in [0, 0.05) is 6.54 Å². The van der Waals surface area contributed by atoms with Crippen LogP contribution in [0.25, 0.3) is 0 Å². The van der Waals surface area contributed by atoms with Crippen molar-refractivity contribution in [2.24, 2.45) is 5.92 Å². The molecule has 0 aromatic heterocycles. The predicted molar refractivity (Wildman–Crippen MR) is 54.0 cm³/mol. The summed E-state index contributed by atoms with van der Waals surface area (Å²) >= 11 is 0. The largest absolute Gasteiger partial charge is 0.306 e. The minimum absolute atomic E-state index is 0.949. The van der Waals surface area contributed by atoms with Gasteiger partial charge in [-0.3, -0.25) is 0 Å². The van der Waals surface area contributed by atoms with Crippen LogP contribution in [-0.4, -0.2) is 25.0 Å². The lowest BCUT2D eigenvalue weighted by atomic mass is 10.2. The molecule has 1 heteroatoms. The Bertz CT molecular complexity index is 53.9. The van der Waals surface area contributed by atoms with Gasteiger partial charge in [-0.05, 0) is 25.9 Å². The molecule has 1 heterocycles. The number of likely N-dealkylation sites (tertiary alicyclic amines) is 1. The Hall–Kier alpha value is -0.0400. The molecule has 1 rings (SSSR count). The standard InChI is InChI=1S/C6H13N.2C2H6/c1-6-3-4-7(2)5-6;2*1-2/h6H,3-5H2,1-2H3;2*1-2H3. The van der Waals surface area contributed by atoms with Gasteiger partial charge >= 0.3 is 0 Å². The van der Waals surface area contributed by atoms with E-state index < -0.39 is 0 Å². The van der Waals surface area contributed by atoms with Crippen LogP contribution in [0.1, 0.15) is 41.0 Å². The highest BCUT2D eigenvalue weighted by Crippen LogP contribution is 2.11. The van der Waals surface area contributed by atoms with Crippen LogP contribution in [0.15, 0.2) is 0 Å². The molecule has 0 N–H and O–H groups in total. The van der Waals surface area contributed by atoms with Crippen molar-refractivity contribution < 1.29 is 0 Å². The van der Waals surface area contributed by atoms with Gasteiger partial charge in [0.25, 0.3) is 0 Å². The molecule has 1 fully saturated rings. The van der Waals surface area contributed by atoms with Crippen molar-refractivity contribution >= 4 is 0 Å². The molecule has 0 aromatic rings. The molecule has 11 heavy (non-hydrogen) atoms. The van der Waals surface area contributed by atoms with E-state index in [1.807, 2.05) is 27.7 Å². The molecule has 0 aliphatic carbocycles. The minimum Gasteiger partial charge on any atom is -0.306 e. The highest BCUT2D eigenvalue weighted by Gasteiger charge is 2.13. The zero-order valence-electron chi connectivity index (χ0n) is 9.15. The van der Waals surface area contributed by atoms with Crippen LogP contribution in [0.4, 0.5) is 0 Å². The van der Waals surface area contributed by atoms with Gasteiger partial charge in [-0.1, -0.05) is 34.6 Å². The minimum atomic E-state index is 0.949. The Kier molecular flexibility index (Phi) is 12.3. The summed E-state index contributed by atoms with van der Waals surface area (Å²) in [6.07, 6.45) is 1.40. The molecule has 0 spiro atoms. The molecule has 70 valence electrons. The second-order valence-electron chi connectivity index (χ2n) is 2.66. The zero-order chi connectivity index (χ0) is 9.28. The number of rotatable bonds is 0. The van der Waals surface area contributed by atoms with E-state index in [1.165, 1.54) is 19.5 Å². The summed E-state index contributed by atoms with van der Waals surface area (Å²) in [7, 11) is 2.18. The molecular weight excluding hydrogens is 134 g/mol. The number of hydrogen-bond acceptors (Lipinski definition) is 1. The van der Waals surface area contributed by atoms with E-state index in [-0.39, 0.29) is 0 Å². The molecule has 0 amide bonds. The van der Waals surface area contributed by atoms with E-state index in [9.17, 15) is 0 Å². The van der Waals surface area contributed by atoms with Crippen LogP contribution in [0, 0.1) is 5.92 Å². The van der Waals surface area contributed by atoms with Crippen molar-refractivity contribution in [2.75, 3.05) is 20.1 Å². The smallest absolute Gasteiger partial charge is 0.000445 e. The number of nitrogens with zero attached hydrogens (tertiary/aromatic N) is 1. The maximum absolute atomic E-state index is 2.38. The molecular formula is C10H25N. The molecule has 1 aliphatic heterocycles. The third-order valence-electron chi connectivity index (χ3n) is 1.63. The summed E-state index contributed by atoms with van der Waals surface area (Å²) in [6, 6.07) is 0. The summed E-state index contributed by atoms with van der Waals surface area (Å²) < 4.78 is 0. The fourth-order valence-corrected chi connectivity index (χ4v) is 1.16. The second-order valence-corrected chi connectivity index (χ2v) is 2.66. The monoisotopic (exact) mass is 159 g/mol. The van der Waals surface area contributed by atoms with Gasteiger partial charge in [0.2, 0.25) is 0 Å². The Labute approximate surface area is 72.8 Å². The van der Waals surface area contributed by atoms with Gasteiger partial charge in [0.1, 0.15) is 0 Å². The summed E-state index contributed by atoms with van der Waals surface area (Å²) in [5.74, 6) is 0.949. The Morgan fingerprint density at radius 1 is 1.09 bits per heavy atom. The fraction of sp³-hybridized carbons (Fsp3) is 1.00. The van der Waals surface area contributed by atoms with Crippen molar-refractivity contribution in [3.05, 3.63) is 0 Å². The van der Waals surface area contributed by atoms with Crippen LogP contribution < -0.4 is 0 Å². The third kappa shape index (κ3) is 7.86. The summed E-state index contributed by atoms with van der Waals surface area (Å²) in [5, 5.41) is 0. The lowest BCUT2D eigenvalue weighted by molar-refractivity contribution is 0.402. The lowest BCUT2D eigenvalue weighted by Crippen LogP contribution is -2.12. The molecule has 1 unspecified atom stereocenters. The first-order valence-corrected chi connectivity index (χ1v) is 4.97. The molecule has 1 atom stereocenters. The van der Waals surface area contributed by atoms with E-state index in [1.54, 1.807) is 0 Å². The maximum atomic E-state index is 2.38. The second kappa shape index (κ2) is 9.96. The van der Waals surface area contributed by atoms with E-state index in [2.05, 4.69) is 18.9 Å². The Morgan fingerprint density at radius 2 is 1.55 bits per heavy atom. The van der Waals surface area contributed by atoms with Crippen molar-refractivity contribution in [3.8, 4) is 0 Å². The van der Waals surface area contributed by atoms with Crippen LogP contribution in [0.5, 0.6) is 0 Å². The van der Waals surface area contributed by atoms with E-state index in [0.717, 1.165) is 5.92 Å². The van der Waals surface area contributed by atoms with Gasteiger partial charge in [-0.15, -0.1) is 0 Å². The normalized spacial score (nSPS) is 22.9. The predicted octanol–water partition coefficient (Wildman–Crippen LogP) is 3.01. The molecule has 1 aliphatic rings. The first-order chi connectivity index (χ1) is 5.29. The van der Waals surface area contributed by atoms with E-state index in [4.69, 9.17) is 0 Å². The van der Waals surface area contributed by atoms with Gasteiger partial charge in [0.05, 0.1) is 0 Å².